The highest BCUT2D eigenvalue weighted by atomic mass is 32.2. The van der Waals surface area contributed by atoms with Crippen LogP contribution in [0, 0.1) is 0 Å². The maximum Gasteiger partial charge on any atom is 0.321 e. The fraction of sp³-hybridized carbons (Fsp3) is 0.375. The number of nitrogens with zero attached hydrogens (tertiary/aromatic N) is 1. The zero-order chi connectivity index (χ0) is 17.5. The molecule has 128 valence electrons. The third kappa shape index (κ3) is 3.29. The van der Waals surface area contributed by atoms with Gasteiger partial charge in [0.05, 0.1) is 16.7 Å². The molecule has 2 amide bonds. The van der Waals surface area contributed by atoms with Crippen molar-refractivity contribution < 1.29 is 13.2 Å². The molecular weight excluding hydrogens is 346 g/mol. The van der Waals surface area contributed by atoms with E-state index in [-0.39, 0.29) is 11.2 Å². The Hall–Kier alpha value is -1.93. The van der Waals surface area contributed by atoms with Crippen LogP contribution in [-0.4, -0.2) is 25.2 Å². The van der Waals surface area contributed by atoms with Gasteiger partial charge in [-0.3, -0.25) is 5.32 Å². The number of hydrogen-bond donors (Lipinski definition) is 2. The second-order valence-corrected chi connectivity index (χ2v) is 9.78. The summed E-state index contributed by atoms with van der Waals surface area (Å²) in [6, 6.07) is 5.74. The van der Waals surface area contributed by atoms with Gasteiger partial charge < -0.3 is 5.32 Å². The number of amides is 2. The lowest BCUT2D eigenvalue weighted by Gasteiger charge is -2.14. The SMILES string of the molecule is CC(C)(C)c1cnc(NC(=O)NC2CS(=O)(=O)c3ccccc32)s1. The van der Waals surface area contributed by atoms with Crippen LogP contribution in [0.5, 0.6) is 0 Å². The third-order valence-electron chi connectivity index (χ3n) is 3.79. The quantitative estimate of drug-likeness (QED) is 0.856. The van der Waals surface area contributed by atoms with Crippen LogP contribution in [0.1, 0.15) is 37.3 Å². The van der Waals surface area contributed by atoms with E-state index in [9.17, 15) is 13.2 Å². The number of benzene rings is 1. The van der Waals surface area contributed by atoms with Crippen molar-refractivity contribution in [3.63, 3.8) is 0 Å². The van der Waals surface area contributed by atoms with E-state index in [0.717, 1.165) is 4.88 Å². The number of fused-ring (bicyclic) bond motifs is 1. The molecule has 1 aliphatic rings. The fourth-order valence-corrected chi connectivity index (χ4v) is 5.15. The lowest BCUT2D eigenvalue weighted by Crippen LogP contribution is -2.33. The van der Waals surface area contributed by atoms with Gasteiger partial charge in [-0.2, -0.15) is 0 Å². The van der Waals surface area contributed by atoms with Gasteiger partial charge in [-0.05, 0) is 17.0 Å². The second-order valence-electron chi connectivity index (χ2n) is 6.75. The normalized spacial score (nSPS) is 18.9. The summed E-state index contributed by atoms with van der Waals surface area (Å²) in [5, 5.41) is 5.90. The van der Waals surface area contributed by atoms with Crippen molar-refractivity contribution in [1.29, 1.82) is 0 Å². The van der Waals surface area contributed by atoms with Crippen LogP contribution in [-0.2, 0) is 15.3 Å². The number of hydrogen-bond acceptors (Lipinski definition) is 5. The van der Waals surface area contributed by atoms with E-state index in [4.69, 9.17) is 0 Å². The summed E-state index contributed by atoms with van der Waals surface area (Å²) < 4.78 is 24.3. The molecule has 0 bridgehead atoms. The minimum absolute atomic E-state index is 0.0352. The Morgan fingerprint density at radius 1 is 1.29 bits per heavy atom. The first-order valence-corrected chi connectivity index (χ1v) is 9.99. The average Bonchev–Trinajstić information content (AvgIpc) is 3.03. The Bertz CT molecular complexity index is 882. The smallest absolute Gasteiger partial charge is 0.321 e. The standard InChI is InChI=1S/C16H19N3O3S2/c1-16(2,3)13-8-17-15(23-13)19-14(20)18-11-9-24(21,22)12-7-5-4-6-10(11)12/h4-8,11H,9H2,1-3H3,(H2,17,18,19,20). The predicted molar refractivity (Wildman–Crippen MR) is 94.2 cm³/mol. The molecule has 1 atom stereocenters. The summed E-state index contributed by atoms with van der Waals surface area (Å²) in [5.74, 6) is -0.120. The molecule has 0 spiro atoms. The minimum atomic E-state index is -3.34. The molecule has 0 aliphatic carbocycles. The Morgan fingerprint density at radius 3 is 2.67 bits per heavy atom. The number of carbonyl (C=O) groups is 1. The van der Waals surface area contributed by atoms with Crippen LogP contribution in [0.2, 0.25) is 0 Å². The Balaban J connectivity index is 1.71. The highest BCUT2D eigenvalue weighted by Gasteiger charge is 2.35. The molecule has 1 aliphatic heterocycles. The van der Waals surface area contributed by atoms with Crippen molar-refractivity contribution >= 4 is 32.3 Å². The fourth-order valence-electron chi connectivity index (χ4n) is 2.54. The molecule has 24 heavy (non-hydrogen) atoms. The summed E-state index contributed by atoms with van der Waals surface area (Å²) in [4.78, 5) is 17.7. The molecule has 2 heterocycles. The van der Waals surface area contributed by atoms with Gasteiger partial charge in [0.2, 0.25) is 0 Å². The monoisotopic (exact) mass is 365 g/mol. The molecule has 0 fully saturated rings. The second kappa shape index (κ2) is 5.86. The van der Waals surface area contributed by atoms with Gasteiger partial charge in [0.25, 0.3) is 0 Å². The topological polar surface area (TPSA) is 88.2 Å². The average molecular weight is 365 g/mol. The lowest BCUT2D eigenvalue weighted by molar-refractivity contribution is 0.249. The molecule has 2 aromatic rings. The predicted octanol–water partition coefficient (Wildman–Crippen LogP) is 3.09. The molecule has 8 heteroatoms. The molecule has 1 aromatic heterocycles. The summed E-state index contributed by atoms with van der Waals surface area (Å²) >= 11 is 1.41. The molecule has 1 aromatic carbocycles. The number of anilines is 1. The van der Waals surface area contributed by atoms with E-state index in [1.165, 1.54) is 11.3 Å². The largest absolute Gasteiger partial charge is 0.330 e. The molecule has 0 saturated heterocycles. The molecular formula is C16H19N3O3S2. The minimum Gasteiger partial charge on any atom is -0.330 e. The third-order valence-corrected chi connectivity index (χ3v) is 6.94. The highest BCUT2D eigenvalue weighted by Crippen LogP contribution is 2.33. The first kappa shape index (κ1) is 16.9. The van der Waals surface area contributed by atoms with E-state index in [1.54, 1.807) is 30.5 Å². The van der Waals surface area contributed by atoms with Crippen LogP contribution < -0.4 is 10.6 Å². The summed E-state index contributed by atoms with van der Waals surface area (Å²) in [5.41, 5.74) is 0.592. The van der Waals surface area contributed by atoms with Crippen LogP contribution in [0.15, 0.2) is 35.4 Å². The molecule has 0 saturated carbocycles. The van der Waals surface area contributed by atoms with Gasteiger partial charge in [0.1, 0.15) is 0 Å². The maximum atomic E-state index is 12.2. The maximum absolute atomic E-state index is 12.2. The van der Waals surface area contributed by atoms with Gasteiger partial charge in [-0.15, -0.1) is 11.3 Å². The molecule has 3 rings (SSSR count). The summed E-state index contributed by atoms with van der Waals surface area (Å²) in [6.45, 7) is 6.22. The van der Waals surface area contributed by atoms with E-state index in [0.29, 0.717) is 15.6 Å². The van der Waals surface area contributed by atoms with Gasteiger partial charge in [0.15, 0.2) is 15.0 Å². The number of aromatic nitrogens is 1. The van der Waals surface area contributed by atoms with Crippen LogP contribution >= 0.6 is 11.3 Å². The van der Waals surface area contributed by atoms with Crippen LogP contribution in [0.25, 0.3) is 0 Å². The summed E-state index contributed by atoms with van der Waals surface area (Å²) in [6.07, 6.45) is 1.75. The number of carbonyl (C=O) groups excluding carboxylic acids is 1. The highest BCUT2D eigenvalue weighted by molar-refractivity contribution is 7.91. The number of sulfone groups is 1. The summed E-state index contributed by atoms with van der Waals surface area (Å²) in [7, 11) is -3.34. The first-order chi connectivity index (χ1) is 11.2. The van der Waals surface area contributed by atoms with E-state index < -0.39 is 21.9 Å². The zero-order valence-corrected chi connectivity index (χ0v) is 15.3. The van der Waals surface area contributed by atoms with Gasteiger partial charge in [-0.1, -0.05) is 39.0 Å². The van der Waals surface area contributed by atoms with Crippen molar-refractivity contribution in [2.45, 2.75) is 37.1 Å². The van der Waals surface area contributed by atoms with Crippen molar-refractivity contribution in [1.82, 2.24) is 10.3 Å². The Morgan fingerprint density at radius 2 is 2.00 bits per heavy atom. The van der Waals surface area contributed by atoms with Gasteiger partial charge in [0, 0.05) is 11.1 Å². The number of rotatable bonds is 2. The first-order valence-electron chi connectivity index (χ1n) is 7.52. The Kier molecular flexibility index (Phi) is 4.13. The molecule has 1 unspecified atom stereocenters. The Labute approximate surface area is 145 Å². The zero-order valence-electron chi connectivity index (χ0n) is 13.7. The van der Waals surface area contributed by atoms with E-state index >= 15 is 0 Å². The van der Waals surface area contributed by atoms with Gasteiger partial charge in [-0.25, -0.2) is 18.2 Å². The van der Waals surface area contributed by atoms with E-state index in [1.807, 2.05) is 0 Å². The lowest BCUT2D eigenvalue weighted by atomic mass is 9.96. The van der Waals surface area contributed by atoms with Crippen molar-refractivity contribution in [2.75, 3.05) is 11.1 Å². The molecule has 0 radical (unpaired) electrons. The molecule has 6 nitrogen and oxygen atoms in total. The number of thiazole rings is 1. The van der Waals surface area contributed by atoms with Crippen LogP contribution in [0.4, 0.5) is 9.93 Å². The van der Waals surface area contributed by atoms with Crippen molar-refractivity contribution in [2.24, 2.45) is 0 Å². The van der Waals surface area contributed by atoms with Crippen molar-refractivity contribution in [3.8, 4) is 0 Å². The van der Waals surface area contributed by atoms with Crippen molar-refractivity contribution in [3.05, 3.63) is 40.9 Å². The molecule has 2 N–H and O–H groups in total. The van der Waals surface area contributed by atoms with Gasteiger partial charge >= 0.3 is 6.03 Å². The number of nitrogens with one attached hydrogen (secondary N) is 2. The van der Waals surface area contributed by atoms with E-state index in [2.05, 4.69) is 36.4 Å². The van der Waals surface area contributed by atoms with Crippen LogP contribution in [0.3, 0.4) is 0 Å². The number of urea groups is 1.